The van der Waals surface area contributed by atoms with Gasteiger partial charge in [-0.15, -0.1) is 0 Å². The molecule has 2 saturated heterocycles. The first-order chi connectivity index (χ1) is 13.4. The highest BCUT2D eigenvalue weighted by molar-refractivity contribution is 6.03. The number of amides is 2. The highest BCUT2D eigenvalue weighted by Gasteiger charge is 2.49. The van der Waals surface area contributed by atoms with Crippen LogP contribution in [0.15, 0.2) is 24.4 Å². The number of carbonyl (C=O) groups is 2. The summed E-state index contributed by atoms with van der Waals surface area (Å²) in [5.41, 5.74) is 5.82. The second-order valence-electron chi connectivity index (χ2n) is 7.26. The quantitative estimate of drug-likeness (QED) is 0.693. The number of nitrogens with one attached hydrogen (secondary N) is 1. The standard InChI is InChI=1S/C19H22N4O5/c1-9(2)27-15-6-11-10(5-12(15)17(20)25)3-4-21-18(11)23-7-13-16(14(23)8-24)28-19(26)22-13/h3-6,9,13-14,16,24H,7-8H2,1-2H3,(H2,20,25)(H,22,26)/t13-,14?,16-/m1/s1. The molecule has 0 aliphatic carbocycles. The molecule has 9 nitrogen and oxygen atoms in total. The average Bonchev–Trinajstić information content (AvgIpc) is 3.15. The number of benzene rings is 1. The van der Waals surface area contributed by atoms with Crippen molar-refractivity contribution in [2.75, 3.05) is 18.1 Å². The van der Waals surface area contributed by atoms with Crippen LogP contribution in [0.1, 0.15) is 24.2 Å². The number of pyridine rings is 1. The Balaban J connectivity index is 1.81. The normalized spacial score (nSPS) is 23.6. The van der Waals surface area contributed by atoms with Gasteiger partial charge in [0.15, 0.2) is 0 Å². The zero-order valence-electron chi connectivity index (χ0n) is 15.6. The van der Waals surface area contributed by atoms with Crippen LogP contribution in [0.5, 0.6) is 5.75 Å². The summed E-state index contributed by atoms with van der Waals surface area (Å²) in [6.07, 6.45) is 0.562. The molecular formula is C19H22N4O5. The van der Waals surface area contributed by atoms with Crippen molar-refractivity contribution < 1.29 is 24.2 Å². The first-order valence-corrected chi connectivity index (χ1v) is 9.13. The van der Waals surface area contributed by atoms with Gasteiger partial charge >= 0.3 is 6.09 Å². The van der Waals surface area contributed by atoms with Crippen molar-refractivity contribution >= 4 is 28.6 Å². The molecule has 2 aliphatic rings. The lowest BCUT2D eigenvalue weighted by Crippen LogP contribution is -2.40. The maximum atomic E-state index is 11.9. The topological polar surface area (TPSA) is 127 Å². The van der Waals surface area contributed by atoms with E-state index in [2.05, 4.69) is 10.3 Å². The van der Waals surface area contributed by atoms with Crippen LogP contribution < -0.4 is 20.7 Å². The number of hydrogen-bond donors (Lipinski definition) is 3. The Morgan fingerprint density at radius 2 is 2.29 bits per heavy atom. The molecule has 2 fully saturated rings. The molecule has 0 radical (unpaired) electrons. The molecule has 0 spiro atoms. The van der Waals surface area contributed by atoms with Crippen LogP contribution in [0.2, 0.25) is 0 Å². The van der Waals surface area contributed by atoms with Gasteiger partial charge in [0.05, 0.1) is 30.4 Å². The predicted molar refractivity (Wildman–Crippen MR) is 101 cm³/mol. The lowest BCUT2D eigenvalue weighted by atomic mass is 10.1. The zero-order valence-corrected chi connectivity index (χ0v) is 15.6. The molecule has 148 valence electrons. The van der Waals surface area contributed by atoms with E-state index in [0.717, 1.165) is 10.8 Å². The minimum atomic E-state index is -0.573. The van der Waals surface area contributed by atoms with Gasteiger partial charge in [0.25, 0.3) is 5.91 Å². The number of aliphatic hydroxyl groups is 1. The SMILES string of the molecule is CC(C)Oc1cc2c(N3C[C@H]4NC(=O)O[C@H]4C3CO)nccc2cc1C(N)=O. The molecule has 0 saturated carbocycles. The van der Waals surface area contributed by atoms with Gasteiger partial charge in [-0.05, 0) is 37.4 Å². The second-order valence-corrected chi connectivity index (χ2v) is 7.26. The first-order valence-electron chi connectivity index (χ1n) is 9.13. The number of rotatable bonds is 5. The molecule has 1 unspecified atom stereocenters. The van der Waals surface area contributed by atoms with Crippen molar-refractivity contribution in [2.45, 2.75) is 38.1 Å². The lowest BCUT2D eigenvalue weighted by Gasteiger charge is -2.27. The van der Waals surface area contributed by atoms with E-state index >= 15 is 0 Å². The van der Waals surface area contributed by atoms with Crippen molar-refractivity contribution in [3.8, 4) is 5.75 Å². The van der Waals surface area contributed by atoms with Crippen LogP contribution in [0, 0.1) is 0 Å². The molecule has 1 aromatic heterocycles. The molecule has 2 aromatic rings. The van der Waals surface area contributed by atoms with E-state index in [9.17, 15) is 14.7 Å². The highest BCUT2D eigenvalue weighted by atomic mass is 16.6. The molecule has 28 heavy (non-hydrogen) atoms. The van der Waals surface area contributed by atoms with Gasteiger partial charge in [0.1, 0.15) is 17.7 Å². The van der Waals surface area contributed by atoms with Crippen LogP contribution in [0.25, 0.3) is 10.8 Å². The van der Waals surface area contributed by atoms with E-state index < -0.39 is 24.1 Å². The van der Waals surface area contributed by atoms with Crippen molar-refractivity contribution in [2.24, 2.45) is 5.73 Å². The Bertz CT molecular complexity index is 947. The molecule has 0 bridgehead atoms. The summed E-state index contributed by atoms with van der Waals surface area (Å²) in [5.74, 6) is 0.429. The highest BCUT2D eigenvalue weighted by Crippen LogP contribution is 2.36. The van der Waals surface area contributed by atoms with Gasteiger partial charge in [0.2, 0.25) is 0 Å². The summed E-state index contributed by atoms with van der Waals surface area (Å²) in [4.78, 5) is 29.8. The molecule has 1 aromatic carbocycles. The Labute approximate surface area is 161 Å². The zero-order chi connectivity index (χ0) is 20.0. The van der Waals surface area contributed by atoms with E-state index in [4.69, 9.17) is 15.2 Å². The summed E-state index contributed by atoms with van der Waals surface area (Å²) in [6.45, 7) is 3.99. The number of nitrogens with two attached hydrogens (primary N) is 1. The Morgan fingerprint density at radius 3 is 2.96 bits per heavy atom. The number of alkyl carbamates (subject to hydrolysis) is 1. The molecule has 4 rings (SSSR count). The van der Waals surface area contributed by atoms with E-state index in [1.54, 1.807) is 24.4 Å². The van der Waals surface area contributed by atoms with Gasteiger partial charge in [-0.25, -0.2) is 9.78 Å². The number of aliphatic hydroxyl groups excluding tert-OH is 1. The van der Waals surface area contributed by atoms with Crippen LogP contribution in [-0.2, 0) is 4.74 Å². The van der Waals surface area contributed by atoms with Crippen molar-refractivity contribution in [3.05, 3.63) is 30.0 Å². The van der Waals surface area contributed by atoms with E-state index in [-0.39, 0.29) is 18.8 Å². The summed E-state index contributed by atoms with van der Waals surface area (Å²) in [7, 11) is 0. The number of hydrogen-bond acceptors (Lipinski definition) is 7. The Hall–Kier alpha value is -3.07. The number of primary amides is 1. The fourth-order valence-electron chi connectivity index (χ4n) is 3.90. The minimum absolute atomic E-state index is 0.143. The van der Waals surface area contributed by atoms with Gasteiger partial charge in [-0.1, -0.05) is 0 Å². The Kier molecular flexibility index (Phi) is 4.46. The van der Waals surface area contributed by atoms with Crippen LogP contribution >= 0.6 is 0 Å². The van der Waals surface area contributed by atoms with Gasteiger partial charge in [-0.3, -0.25) is 4.79 Å². The van der Waals surface area contributed by atoms with Crippen molar-refractivity contribution in [3.63, 3.8) is 0 Å². The molecule has 3 heterocycles. The van der Waals surface area contributed by atoms with E-state index in [1.807, 2.05) is 18.7 Å². The number of aromatic nitrogens is 1. The smallest absolute Gasteiger partial charge is 0.407 e. The number of ether oxygens (including phenoxy) is 2. The van der Waals surface area contributed by atoms with Gasteiger partial charge in [0, 0.05) is 18.1 Å². The number of nitrogens with zero attached hydrogens (tertiary/aromatic N) is 2. The van der Waals surface area contributed by atoms with Crippen molar-refractivity contribution in [1.82, 2.24) is 10.3 Å². The third-order valence-electron chi connectivity index (χ3n) is 5.05. The minimum Gasteiger partial charge on any atom is -0.490 e. The van der Waals surface area contributed by atoms with E-state index in [0.29, 0.717) is 23.7 Å². The summed E-state index contributed by atoms with van der Waals surface area (Å²) >= 11 is 0. The predicted octanol–water partition coefficient (Wildman–Crippen LogP) is 0.779. The first kappa shape index (κ1) is 18.3. The van der Waals surface area contributed by atoms with Gasteiger partial charge < -0.3 is 30.5 Å². The number of carbonyl (C=O) groups excluding carboxylic acids is 2. The third kappa shape index (κ3) is 2.97. The monoisotopic (exact) mass is 386 g/mol. The molecule has 9 heteroatoms. The lowest BCUT2D eigenvalue weighted by molar-refractivity contribution is 0.0994. The van der Waals surface area contributed by atoms with Crippen LogP contribution in [0.4, 0.5) is 10.6 Å². The molecular weight excluding hydrogens is 364 g/mol. The summed E-state index contributed by atoms with van der Waals surface area (Å²) in [5, 5.41) is 14.2. The summed E-state index contributed by atoms with van der Waals surface area (Å²) < 4.78 is 11.1. The molecule has 2 amide bonds. The fraction of sp³-hybridized carbons (Fsp3) is 0.421. The Morgan fingerprint density at radius 1 is 1.50 bits per heavy atom. The second kappa shape index (κ2) is 6.83. The fourth-order valence-corrected chi connectivity index (χ4v) is 3.90. The molecule has 3 atom stereocenters. The molecule has 2 aliphatic heterocycles. The van der Waals surface area contributed by atoms with Crippen molar-refractivity contribution in [1.29, 1.82) is 0 Å². The molecule has 4 N–H and O–H groups in total. The largest absolute Gasteiger partial charge is 0.490 e. The van der Waals surface area contributed by atoms with Gasteiger partial charge in [-0.2, -0.15) is 0 Å². The maximum absolute atomic E-state index is 11.9. The summed E-state index contributed by atoms with van der Waals surface area (Å²) in [6, 6.07) is 4.57. The maximum Gasteiger partial charge on any atom is 0.407 e. The number of anilines is 1. The average molecular weight is 386 g/mol. The number of fused-ring (bicyclic) bond motifs is 2. The van der Waals surface area contributed by atoms with Crippen LogP contribution in [0.3, 0.4) is 0 Å². The van der Waals surface area contributed by atoms with Crippen LogP contribution in [-0.4, -0.2) is 59.5 Å². The van der Waals surface area contributed by atoms with E-state index in [1.165, 1.54) is 0 Å². The third-order valence-corrected chi connectivity index (χ3v) is 5.05.